The van der Waals surface area contributed by atoms with E-state index >= 15 is 0 Å². The summed E-state index contributed by atoms with van der Waals surface area (Å²) in [6.07, 6.45) is 2.10. The van der Waals surface area contributed by atoms with Crippen LogP contribution in [0.15, 0.2) is 79.4 Å². The average molecular weight is 775 g/mol. The van der Waals surface area contributed by atoms with Gasteiger partial charge in [-0.15, -0.1) is 0 Å². The molecule has 0 unspecified atom stereocenters. The van der Waals surface area contributed by atoms with Crippen LogP contribution in [-0.2, 0) is 26.4 Å². The van der Waals surface area contributed by atoms with Gasteiger partial charge in [-0.25, -0.2) is 18.4 Å². The number of hydrogen-bond acceptors (Lipinski definition) is 9. The van der Waals surface area contributed by atoms with Gasteiger partial charge in [0.2, 0.25) is 0 Å². The van der Waals surface area contributed by atoms with Gasteiger partial charge >= 0.3 is 175 Å². The molecule has 0 N–H and O–H groups in total. The molecule has 3 aliphatic rings. The Morgan fingerprint density at radius 3 is 2.22 bits per heavy atom. The molecule has 0 radical (unpaired) electrons. The number of anilines is 2. The van der Waals surface area contributed by atoms with Crippen LogP contribution < -0.4 is 17.9 Å². The van der Waals surface area contributed by atoms with Gasteiger partial charge in [-0.3, -0.25) is 0 Å². The Morgan fingerprint density at radius 2 is 1.63 bits per heavy atom. The van der Waals surface area contributed by atoms with E-state index in [2.05, 4.69) is 44.1 Å². The molecule has 7 rings (SSSR count). The van der Waals surface area contributed by atoms with E-state index in [1.807, 2.05) is 38.1 Å². The summed E-state index contributed by atoms with van der Waals surface area (Å²) in [7, 11) is 0. The first kappa shape index (κ1) is 33.5. The summed E-state index contributed by atoms with van der Waals surface area (Å²) in [6.45, 7) is 7.41. The Bertz CT molecular complexity index is 1790. The molecule has 11 nitrogen and oxygen atoms in total. The molecule has 49 heavy (non-hydrogen) atoms. The summed E-state index contributed by atoms with van der Waals surface area (Å²) in [5.74, 6) is -0.775. The van der Waals surface area contributed by atoms with Crippen molar-refractivity contribution in [2.45, 2.75) is 42.5 Å². The molecule has 14 heteroatoms. The minimum absolute atomic E-state index is 0.0136. The Hall–Kier alpha value is -4.01. The molecule has 3 fully saturated rings. The molecule has 4 heterocycles. The van der Waals surface area contributed by atoms with Crippen molar-refractivity contribution in [2.75, 3.05) is 49.2 Å². The van der Waals surface area contributed by atoms with E-state index in [4.69, 9.17) is 14.2 Å². The van der Waals surface area contributed by atoms with Gasteiger partial charge in [0.15, 0.2) is 6.29 Å². The Kier molecular flexibility index (Phi) is 9.62. The maximum atomic E-state index is 14.9. The van der Waals surface area contributed by atoms with Crippen LogP contribution in [-0.4, -0.2) is 102 Å². The predicted octanol–water partition coefficient (Wildman–Crippen LogP) is 3.88. The fourth-order valence-corrected chi connectivity index (χ4v) is 14.5. The summed E-state index contributed by atoms with van der Waals surface area (Å²) < 4.78 is 49.8. The topological polar surface area (TPSA) is 102 Å². The second kappa shape index (κ2) is 14.1. The van der Waals surface area contributed by atoms with Crippen molar-refractivity contribution in [3.05, 3.63) is 96.6 Å². The third kappa shape index (κ3) is 7.04. The number of hydrogen-bond donors (Lipinski definition) is 0. The van der Waals surface area contributed by atoms with Crippen LogP contribution in [0.3, 0.4) is 0 Å². The SMILES string of the molecule is CC(C)N1C(=O)[CH2][In]([c]2ccc(N3CCN(c4ccc(OC[C@H]5OC[C@](Cn6cncn6)(c6ccc(F)cc6F)O5)cc4)CC3)cc2)[C]1=O. The van der Waals surface area contributed by atoms with Gasteiger partial charge in [-0.05, 0) is 6.07 Å². The monoisotopic (exact) mass is 774 g/mol. The van der Waals surface area contributed by atoms with Crippen molar-refractivity contribution >= 4 is 45.7 Å². The van der Waals surface area contributed by atoms with E-state index in [0.29, 0.717) is 9.93 Å². The third-order valence-electron chi connectivity index (χ3n) is 9.39. The second-order valence-electron chi connectivity index (χ2n) is 12.9. The van der Waals surface area contributed by atoms with Gasteiger partial charge in [0.1, 0.15) is 36.5 Å². The Labute approximate surface area is 290 Å². The van der Waals surface area contributed by atoms with Crippen LogP contribution in [0.25, 0.3) is 0 Å². The minimum atomic E-state index is -2.84. The number of ether oxygens (including phenoxy) is 3. The second-order valence-corrected chi connectivity index (χ2v) is 20.5. The fraction of sp³-hybridized carbons (Fsp3) is 0.371. The van der Waals surface area contributed by atoms with E-state index in [1.54, 1.807) is 0 Å². The molecule has 0 aliphatic carbocycles. The first-order valence-electron chi connectivity index (χ1n) is 16.4. The average Bonchev–Trinajstić information content (AvgIpc) is 3.84. The number of carbonyl (C=O) groups excluding carboxylic acids is 2. The summed E-state index contributed by atoms with van der Waals surface area (Å²) in [5, 5.41) is 4.13. The zero-order valence-electron chi connectivity index (χ0n) is 27.4. The molecular formula is C35H37F2InN6O5. The maximum absolute atomic E-state index is 14.9. The number of benzene rings is 3. The number of imide groups is 1. The molecule has 1 aromatic heterocycles. The van der Waals surface area contributed by atoms with E-state index in [0.717, 1.165) is 46.9 Å². The molecule has 0 spiro atoms. The molecular weight excluding hydrogens is 737 g/mol. The number of aromatic nitrogens is 3. The number of rotatable bonds is 10. The van der Waals surface area contributed by atoms with Gasteiger partial charge in [0.25, 0.3) is 0 Å². The number of carbonyl (C=O) groups is 2. The summed E-state index contributed by atoms with van der Waals surface area (Å²) in [4.78, 5) is 35.4. The van der Waals surface area contributed by atoms with Crippen LogP contribution in [0.1, 0.15) is 19.4 Å². The number of piperazine rings is 1. The molecule has 0 bridgehead atoms. The fourth-order valence-electron chi connectivity index (χ4n) is 6.89. The van der Waals surface area contributed by atoms with Crippen molar-refractivity contribution in [1.82, 2.24) is 19.7 Å². The van der Waals surface area contributed by atoms with Crippen LogP contribution in [0.5, 0.6) is 5.75 Å². The van der Waals surface area contributed by atoms with Gasteiger partial charge in [0, 0.05) is 11.6 Å². The van der Waals surface area contributed by atoms with Crippen molar-refractivity contribution in [3.63, 3.8) is 0 Å². The van der Waals surface area contributed by atoms with Gasteiger partial charge in [-0.1, -0.05) is 6.07 Å². The van der Waals surface area contributed by atoms with E-state index in [9.17, 15) is 18.4 Å². The molecule has 2 amide bonds. The zero-order valence-corrected chi connectivity index (χ0v) is 30.7. The molecule has 0 saturated carbocycles. The first-order chi connectivity index (χ1) is 23.7. The Morgan fingerprint density at radius 1 is 0.959 bits per heavy atom. The van der Waals surface area contributed by atoms with Gasteiger partial charge in [0.05, 0.1) is 13.2 Å². The predicted molar refractivity (Wildman–Crippen MR) is 179 cm³/mol. The van der Waals surface area contributed by atoms with E-state index in [1.165, 1.54) is 34.4 Å². The van der Waals surface area contributed by atoms with Crippen LogP contribution in [0, 0.1) is 11.6 Å². The van der Waals surface area contributed by atoms with Crippen molar-refractivity contribution in [1.29, 1.82) is 0 Å². The molecule has 2 atom stereocenters. The quantitative estimate of drug-likeness (QED) is 0.238. The first-order valence-corrected chi connectivity index (χ1v) is 22.1. The third-order valence-corrected chi connectivity index (χ3v) is 17.4. The number of halogens is 2. The standard InChI is InChI=1S/C29H28F2N5O3.C6H9NO2.In/c30-22-6-11-26(27(31)16-22)29(18-36-21-32-20-33-36)19-38-28(39-29)17-37-25-9-7-24(8-10-25)35-14-12-34(13-15-35)23-4-2-1-3-5-23;1-5(2)7(4-8)6(3)9;/h2-11,16,20-21,28H,12-15,17-19H2;5H,3H2,1-2H3;/t28-,29+;;/m0../s1. The van der Waals surface area contributed by atoms with Crippen LogP contribution in [0.2, 0.25) is 4.18 Å². The molecule has 4 aromatic rings. The van der Waals surface area contributed by atoms with Crippen molar-refractivity contribution in [2.24, 2.45) is 0 Å². The number of nitrogens with zero attached hydrogens (tertiary/aromatic N) is 6. The normalized spacial score (nSPS) is 21.4. The molecule has 254 valence electrons. The Balaban J connectivity index is 0.917. The van der Waals surface area contributed by atoms with Crippen molar-refractivity contribution in [3.8, 4) is 5.75 Å². The zero-order chi connectivity index (χ0) is 34.1. The van der Waals surface area contributed by atoms with Crippen LogP contribution >= 0.6 is 0 Å². The van der Waals surface area contributed by atoms with E-state index in [-0.39, 0.29) is 40.9 Å². The van der Waals surface area contributed by atoms with Gasteiger partial charge in [-0.2, -0.15) is 5.10 Å². The molecule has 3 saturated heterocycles. The number of amides is 2. The van der Waals surface area contributed by atoms with Crippen molar-refractivity contribution < 1.29 is 32.6 Å². The summed E-state index contributed by atoms with van der Waals surface area (Å²) in [6, 6.07) is 19.5. The molecule has 3 aromatic carbocycles. The summed E-state index contributed by atoms with van der Waals surface area (Å²) in [5.41, 5.74) is 1.15. The van der Waals surface area contributed by atoms with E-state index < -0.39 is 45.0 Å². The molecule has 3 aliphatic heterocycles. The van der Waals surface area contributed by atoms with Crippen LogP contribution in [0.4, 0.5) is 25.0 Å². The van der Waals surface area contributed by atoms with Gasteiger partial charge < -0.3 is 14.2 Å². The summed E-state index contributed by atoms with van der Waals surface area (Å²) >= 11 is -2.84.